The predicted molar refractivity (Wildman–Crippen MR) is 271 cm³/mol. The molecule has 3 saturated carbocycles. The van der Waals surface area contributed by atoms with Crippen LogP contribution in [-0.4, -0.2) is 0 Å². The fraction of sp³-hybridized carbons (Fsp3) is 0.270. The number of para-hydroxylation sites is 1. The molecular formula is C63H55NO. The first-order valence-corrected chi connectivity index (χ1v) is 24.8. The first-order valence-electron chi connectivity index (χ1n) is 24.8. The van der Waals surface area contributed by atoms with Crippen molar-refractivity contribution in [1.82, 2.24) is 0 Å². The van der Waals surface area contributed by atoms with E-state index >= 15 is 0 Å². The highest BCUT2D eigenvalue weighted by Gasteiger charge is 2.58. The molecule has 65 heavy (non-hydrogen) atoms. The van der Waals surface area contributed by atoms with Gasteiger partial charge in [-0.3, -0.25) is 0 Å². The van der Waals surface area contributed by atoms with Gasteiger partial charge in [-0.25, -0.2) is 0 Å². The summed E-state index contributed by atoms with van der Waals surface area (Å²) in [6.07, 6.45) is 11.6. The van der Waals surface area contributed by atoms with Crippen molar-refractivity contribution in [3.63, 3.8) is 0 Å². The lowest BCUT2D eigenvalue weighted by atomic mass is 9.47. The van der Waals surface area contributed by atoms with Gasteiger partial charge in [0.1, 0.15) is 11.2 Å². The molecule has 0 amide bonds. The molecule has 0 radical (unpaired) electrons. The van der Waals surface area contributed by atoms with Gasteiger partial charge in [-0.15, -0.1) is 0 Å². The van der Waals surface area contributed by atoms with Crippen molar-refractivity contribution in [1.29, 1.82) is 0 Å². The third-order valence-electron chi connectivity index (χ3n) is 17.8. The van der Waals surface area contributed by atoms with Crippen molar-refractivity contribution in [2.75, 3.05) is 4.90 Å². The summed E-state index contributed by atoms with van der Waals surface area (Å²) < 4.78 is 6.60. The number of furan rings is 1. The van der Waals surface area contributed by atoms with Crippen LogP contribution in [0.25, 0.3) is 66.1 Å². The van der Waals surface area contributed by atoms with Crippen LogP contribution in [-0.2, 0) is 10.8 Å². The van der Waals surface area contributed by atoms with Gasteiger partial charge in [0.15, 0.2) is 0 Å². The molecule has 0 N–H and O–H groups in total. The quantitative estimate of drug-likeness (QED) is 0.172. The number of nitrogens with zero attached hydrogens (tertiary/aromatic N) is 1. The fourth-order valence-electron chi connectivity index (χ4n) is 15.1. The first-order chi connectivity index (χ1) is 32.0. The summed E-state index contributed by atoms with van der Waals surface area (Å²) in [6, 6.07) is 63.0. The maximum absolute atomic E-state index is 6.60. The molecule has 0 aliphatic heterocycles. The maximum Gasteiger partial charge on any atom is 0.137 e. The number of hydrogen-bond donors (Lipinski definition) is 0. The van der Waals surface area contributed by atoms with E-state index in [1.54, 1.807) is 11.1 Å². The van der Waals surface area contributed by atoms with E-state index in [9.17, 15) is 0 Å². The van der Waals surface area contributed by atoms with Gasteiger partial charge >= 0.3 is 0 Å². The minimum Gasteiger partial charge on any atom is -0.456 e. The van der Waals surface area contributed by atoms with Crippen molar-refractivity contribution in [3.05, 3.63) is 186 Å². The molecule has 8 aromatic carbocycles. The molecule has 1 heterocycles. The largest absolute Gasteiger partial charge is 0.456 e. The zero-order chi connectivity index (χ0) is 43.0. The molecular weight excluding hydrogens is 787 g/mol. The van der Waals surface area contributed by atoms with E-state index < -0.39 is 0 Å². The van der Waals surface area contributed by atoms with Gasteiger partial charge in [0.2, 0.25) is 0 Å². The van der Waals surface area contributed by atoms with Gasteiger partial charge in [-0.1, -0.05) is 161 Å². The smallest absolute Gasteiger partial charge is 0.137 e. The van der Waals surface area contributed by atoms with Crippen LogP contribution >= 0.6 is 0 Å². The standard InChI is InChI=1S/C63H55NO/c1-3-42-34-40-23-22-39(2)56(35-40)63(42)55-20-10-7-16-48(55)50-27-24-41(36-58(50)63)45-30-31-59(51-17-5-4-14-46(45)51)64(44-26-29-53-52-18-8-11-21-60(52)65-61(53)38-44)43-25-28-49-47-15-6-9-19-54(47)62(57(49)37-43)32-12-13-33-62/h4-11,14-21,24-31,36-40,42,56H,3,12-13,22-23,32-35H2,1-2H3/t39-,40?,42?,56?,63?/m0/s1. The van der Waals surface area contributed by atoms with Crippen molar-refractivity contribution in [2.45, 2.75) is 82.5 Å². The van der Waals surface area contributed by atoms with Crippen LogP contribution in [0.15, 0.2) is 168 Å². The van der Waals surface area contributed by atoms with Crippen LogP contribution in [0.1, 0.15) is 93.9 Å². The molecule has 5 aliphatic carbocycles. The lowest BCUT2D eigenvalue weighted by Crippen LogP contribution is -2.51. The highest BCUT2D eigenvalue weighted by molar-refractivity contribution is 6.09. The summed E-state index contributed by atoms with van der Waals surface area (Å²) in [5.74, 6) is 2.89. The van der Waals surface area contributed by atoms with Crippen LogP contribution in [0.3, 0.4) is 0 Å². The Labute approximate surface area is 382 Å². The van der Waals surface area contributed by atoms with Crippen molar-refractivity contribution >= 4 is 49.8 Å². The summed E-state index contributed by atoms with van der Waals surface area (Å²) >= 11 is 0. The Morgan fingerprint density at radius 3 is 2.02 bits per heavy atom. The number of fused-ring (bicyclic) bond motifs is 17. The Morgan fingerprint density at radius 2 is 1.17 bits per heavy atom. The number of hydrogen-bond acceptors (Lipinski definition) is 2. The molecule has 5 atom stereocenters. The number of anilines is 3. The molecule has 14 rings (SSSR count). The second kappa shape index (κ2) is 14.1. The Kier molecular flexibility index (Phi) is 8.21. The monoisotopic (exact) mass is 841 g/mol. The predicted octanol–water partition coefficient (Wildman–Crippen LogP) is 17.5. The van der Waals surface area contributed by atoms with Crippen molar-refractivity contribution in [2.24, 2.45) is 23.7 Å². The maximum atomic E-state index is 6.60. The highest BCUT2D eigenvalue weighted by Crippen LogP contribution is 2.66. The van der Waals surface area contributed by atoms with Gasteiger partial charge in [0, 0.05) is 44.4 Å². The lowest BCUT2D eigenvalue weighted by molar-refractivity contribution is 0.0192. The Morgan fingerprint density at radius 1 is 0.523 bits per heavy atom. The average molecular weight is 842 g/mol. The van der Waals surface area contributed by atoms with Crippen LogP contribution < -0.4 is 4.90 Å². The molecule has 5 aliphatic rings. The Bertz CT molecular complexity index is 3400. The van der Waals surface area contributed by atoms with E-state index in [-0.39, 0.29) is 10.8 Å². The molecule has 3 fully saturated rings. The van der Waals surface area contributed by atoms with Gasteiger partial charge in [-0.2, -0.15) is 0 Å². The van der Waals surface area contributed by atoms with Crippen LogP contribution in [0, 0.1) is 23.7 Å². The topological polar surface area (TPSA) is 16.4 Å². The van der Waals surface area contributed by atoms with Crippen molar-refractivity contribution in [3.8, 4) is 33.4 Å². The molecule has 4 unspecified atom stereocenters. The van der Waals surface area contributed by atoms with Crippen molar-refractivity contribution < 1.29 is 4.42 Å². The third kappa shape index (κ3) is 5.17. The van der Waals surface area contributed by atoms with Crippen LogP contribution in [0.5, 0.6) is 0 Å². The van der Waals surface area contributed by atoms with Gasteiger partial charge in [0.25, 0.3) is 0 Å². The summed E-state index contributed by atoms with van der Waals surface area (Å²) in [5, 5.41) is 4.84. The third-order valence-corrected chi connectivity index (χ3v) is 17.8. The van der Waals surface area contributed by atoms with Gasteiger partial charge in [0.05, 0.1) is 5.69 Å². The molecule has 2 bridgehead atoms. The molecule has 2 spiro atoms. The average Bonchev–Trinajstić information content (AvgIpc) is 4.13. The van der Waals surface area contributed by atoms with Gasteiger partial charge in [-0.05, 0) is 153 Å². The zero-order valence-corrected chi connectivity index (χ0v) is 37.6. The van der Waals surface area contributed by atoms with E-state index in [0.717, 1.165) is 33.5 Å². The van der Waals surface area contributed by atoms with E-state index in [4.69, 9.17) is 4.42 Å². The molecule has 0 saturated heterocycles. The lowest BCUT2D eigenvalue weighted by Gasteiger charge is -2.56. The fourth-order valence-corrected chi connectivity index (χ4v) is 15.1. The molecule has 2 heteroatoms. The zero-order valence-electron chi connectivity index (χ0n) is 37.6. The number of rotatable bonds is 5. The SMILES string of the molecule is CCC1CC2CC[C@H](C)C(C2)C12c1ccccc1-c1ccc(-c3ccc(N(c4ccc5c(c4)C4(CCCC4)c4ccccc4-5)c4ccc5c(c4)oc4ccccc45)c4ccccc34)cc12. The molecule has 9 aromatic rings. The van der Waals surface area contributed by atoms with E-state index in [0.29, 0.717) is 17.8 Å². The summed E-state index contributed by atoms with van der Waals surface area (Å²) in [5.41, 5.74) is 20.0. The Hall–Kier alpha value is -6.38. The second-order valence-corrected chi connectivity index (χ2v) is 20.6. The molecule has 2 nitrogen and oxygen atoms in total. The summed E-state index contributed by atoms with van der Waals surface area (Å²) in [7, 11) is 0. The van der Waals surface area contributed by atoms with E-state index in [1.807, 2.05) is 0 Å². The van der Waals surface area contributed by atoms with E-state index in [2.05, 4.69) is 183 Å². The Balaban J connectivity index is 0.967. The number of benzene rings is 8. The first kappa shape index (κ1) is 37.9. The minimum atomic E-state index is 0.0543. The van der Waals surface area contributed by atoms with E-state index in [1.165, 1.54) is 124 Å². The van der Waals surface area contributed by atoms with Gasteiger partial charge < -0.3 is 9.32 Å². The van der Waals surface area contributed by atoms with Crippen LogP contribution in [0.4, 0.5) is 17.1 Å². The van der Waals surface area contributed by atoms with Crippen LogP contribution in [0.2, 0.25) is 0 Å². The summed E-state index contributed by atoms with van der Waals surface area (Å²) in [4.78, 5) is 2.52. The molecule has 318 valence electrons. The minimum absolute atomic E-state index is 0.0543. The normalized spacial score (nSPS) is 23.3. The highest BCUT2D eigenvalue weighted by atomic mass is 16.3. The summed E-state index contributed by atoms with van der Waals surface area (Å²) in [6.45, 7) is 5.04. The second-order valence-electron chi connectivity index (χ2n) is 20.6. The molecule has 1 aromatic heterocycles.